The number of ether oxygens (including phenoxy) is 1. The van der Waals surface area contributed by atoms with Gasteiger partial charge in [0, 0.05) is 5.56 Å². The molecule has 2 aromatic rings. The van der Waals surface area contributed by atoms with Crippen LogP contribution >= 0.6 is 23.2 Å². The molecule has 0 saturated heterocycles. The molecule has 20 heavy (non-hydrogen) atoms. The number of halogens is 3. The van der Waals surface area contributed by atoms with Crippen LogP contribution in [0, 0.1) is 0 Å². The maximum absolute atomic E-state index is 12.5. The fourth-order valence-corrected chi connectivity index (χ4v) is 2.17. The van der Waals surface area contributed by atoms with Crippen LogP contribution in [0.5, 0.6) is 11.5 Å². The van der Waals surface area contributed by atoms with Crippen LogP contribution in [0.25, 0.3) is 0 Å². The number of rotatable bonds is 4. The zero-order valence-corrected chi connectivity index (χ0v) is 12.1. The Bertz CT molecular complexity index is 656. The van der Waals surface area contributed by atoms with E-state index in [1.807, 2.05) is 0 Å². The lowest BCUT2D eigenvalue weighted by atomic mass is 10.1. The summed E-state index contributed by atoms with van der Waals surface area (Å²) in [6.45, 7) is 0.837. The average molecular weight is 313 g/mol. The van der Waals surface area contributed by atoms with Crippen LogP contribution in [0.3, 0.4) is 0 Å². The molecule has 0 unspecified atom stereocenters. The van der Waals surface area contributed by atoms with E-state index in [1.165, 1.54) is 13.0 Å². The summed E-state index contributed by atoms with van der Waals surface area (Å²) < 4.78 is 18.1. The Morgan fingerprint density at radius 3 is 2.50 bits per heavy atom. The minimum absolute atomic E-state index is 0.153. The van der Waals surface area contributed by atoms with Crippen molar-refractivity contribution in [2.45, 2.75) is 13.6 Å². The molecule has 0 saturated carbocycles. The Labute approximate surface area is 126 Å². The number of carbonyl (C=O) groups is 1. The quantitative estimate of drug-likeness (QED) is 0.701. The van der Waals surface area contributed by atoms with Crippen molar-refractivity contribution in [3.63, 3.8) is 0 Å². The molecule has 0 bridgehead atoms. The first-order valence-electron chi connectivity index (χ1n) is 5.84. The van der Waals surface area contributed by atoms with Gasteiger partial charge in [0.15, 0.2) is 5.78 Å². The van der Waals surface area contributed by atoms with Gasteiger partial charge >= 0.3 is 0 Å². The molecule has 0 fully saturated rings. The number of ketones is 1. The van der Waals surface area contributed by atoms with Gasteiger partial charge < -0.3 is 4.74 Å². The summed E-state index contributed by atoms with van der Waals surface area (Å²) in [4.78, 5) is 11.4. The molecule has 0 heterocycles. The molecule has 104 valence electrons. The van der Waals surface area contributed by atoms with E-state index in [9.17, 15) is 9.18 Å². The Kier molecular flexibility index (Phi) is 4.63. The van der Waals surface area contributed by atoms with E-state index in [1.54, 1.807) is 30.3 Å². The number of hydrogen-bond donors (Lipinski definition) is 0. The Hall–Kier alpha value is -1.58. The van der Waals surface area contributed by atoms with Gasteiger partial charge in [-0.25, -0.2) is 4.39 Å². The highest BCUT2D eigenvalue weighted by Crippen LogP contribution is 2.32. The molecule has 0 radical (unpaired) electrons. The molecular weight excluding hydrogens is 302 g/mol. The number of Topliss-reactive ketones (excluding diaryl/α,β-unsaturated/α-hetero) is 1. The molecule has 2 nitrogen and oxygen atoms in total. The SMILES string of the molecule is CC(=O)c1cc(Oc2ccc(CF)cc2Cl)ccc1Cl. The van der Waals surface area contributed by atoms with Crippen LogP contribution in [0.15, 0.2) is 36.4 Å². The molecule has 0 amide bonds. The summed E-state index contributed by atoms with van der Waals surface area (Å²) in [6, 6.07) is 9.43. The van der Waals surface area contributed by atoms with Crippen LogP contribution in [0.4, 0.5) is 4.39 Å². The van der Waals surface area contributed by atoms with E-state index in [0.717, 1.165) is 0 Å². The Morgan fingerprint density at radius 2 is 1.90 bits per heavy atom. The molecule has 0 N–H and O–H groups in total. The summed E-state index contributed by atoms with van der Waals surface area (Å²) in [6.07, 6.45) is 0. The van der Waals surface area contributed by atoms with Crippen molar-refractivity contribution in [1.29, 1.82) is 0 Å². The molecule has 2 aromatic carbocycles. The minimum atomic E-state index is -0.588. The highest BCUT2D eigenvalue weighted by atomic mass is 35.5. The first kappa shape index (κ1) is 14.8. The van der Waals surface area contributed by atoms with E-state index in [2.05, 4.69) is 0 Å². The largest absolute Gasteiger partial charge is 0.456 e. The van der Waals surface area contributed by atoms with Crippen molar-refractivity contribution >= 4 is 29.0 Å². The number of carbonyl (C=O) groups excluding carboxylic acids is 1. The van der Waals surface area contributed by atoms with Gasteiger partial charge in [-0.1, -0.05) is 29.3 Å². The monoisotopic (exact) mass is 312 g/mol. The highest BCUT2D eigenvalue weighted by molar-refractivity contribution is 6.34. The fraction of sp³-hybridized carbons (Fsp3) is 0.133. The highest BCUT2D eigenvalue weighted by Gasteiger charge is 2.09. The summed E-state index contributed by atoms with van der Waals surface area (Å²) >= 11 is 11.9. The maximum atomic E-state index is 12.5. The van der Waals surface area contributed by atoms with Gasteiger partial charge in [0.25, 0.3) is 0 Å². The first-order chi connectivity index (χ1) is 9.51. The summed E-state index contributed by atoms with van der Waals surface area (Å²) in [7, 11) is 0. The van der Waals surface area contributed by atoms with Crippen LogP contribution < -0.4 is 4.74 Å². The van der Waals surface area contributed by atoms with Crippen LogP contribution in [0.1, 0.15) is 22.8 Å². The van der Waals surface area contributed by atoms with Crippen molar-refractivity contribution in [3.8, 4) is 11.5 Å². The van der Waals surface area contributed by atoms with E-state index in [4.69, 9.17) is 27.9 Å². The van der Waals surface area contributed by atoms with Crippen molar-refractivity contribution in [2.75, 3.05) is 0 Å². The summed E-state index contributed by atoms with van der Waals surface area (Å²) in [5.41, 5.74) is 0.851. The second-order valence-electron chi connectivity index (χ2n) is 4.20. The van der Waals surface area contributed by atoms with Gasteiger partial charge in [0.2, 0.25) is 0 Å². The van der Waals surface area contributed by atoms with Crippen LogP contribution in [0.2, 0.25) is 10.0 Å². The van der Waals surface area contributed by atoms with Crippen molar-refractivity contribution in [3.05, 3.63) is 57.6 Å². The fourth-order valence-electron chi connectivity index (χ4n) is 1.67. The van der Waals surface area contributed by atoms with Crippen LogP contribution in [-0.4, -0.2) is 5.78 Å². The lowest BCUT2D eigenvalue weighted by Crippen LogP contribution is -1.95. The van der Waals surface area contributed by atoms with E-state index in [0.29, 0.717) is 32.7 Å². The average Bonchev–Trinajstić information content (AvgIpc) is 2.42. The molecule has 0 aliphatic heterocycles. The predicted octanol–water partition coefficient (Wildman–Crippen LogP) is 5.46. The molecule has 0 aliphatic rings. The van der Waals surface area contributed by atoms with Crippen molar-refractivity contribution in [1.82, 2.24) is 0 Å². The Balaban J connectivity index is 2.30. The van der Waals surface area contributed by atoms with Gasteiger partial charge in [0.1, 0.15) is 18.2 Å². The lowest BCUT2D eigenvalue weighted by molar-refractivity contribution is 0.101. The van der Waals surface area contributed by atoms with Crippen molar-refractivity contribution < 1.29 is 13.9 Å². The molecule has 0 aromatic heterocycles. The second-order valence-corrected chi connectivity index (χ2v) is 5.01. The third-order valence-electron chi connectivity index (χ3n) is 2.70. The third kappa shape index (κ3) is 3.30. The van der Waals surface area contributed by atoms with Gasteiger partial charge in [-0.15, -0.1) is 0 Å². The second kappa shape index (κ2) is 6.25. The third-order valence-corrected chi connectivity index (χ3v) is 3.32. The lowest BCUT2D eigenvalue weighted by Gasteiger charge is -2.10. The topological polar surface area (TPSA) is 26.3 Å². The first-order valence-corrected chi connectivity index (χ1v) is 6.59. The summed E-state index contributed by atoms with van der Waals surface area (Å²) in [5, 5.41) is 0.670. The van der Waals surface area contributed by atoms with E-state index in [-0.39, 0.29) is 5.78 Å². The number of benzene rings is 2. The number of hydrogen-bond acceptors (Lipinski definition) is 2. The zero-order valence-electron chi connectivity index (χ0n) is 10.6. The van der Waals surface area contributed by atoms with Crippen molar-refractivity contribution in [2.24, 2.45) is 0 Å². The van der Waals surface area contributed by atoms with Gasteiger partial charge in [0.05, 0.1) is 10.0 Å². The number of alkyl halides is 1. The van der Waals surface area contributed by atoms with E-state index >= 15 is 0 Å². The zero-order chi connectivity index (χ0) is 14.7. The molecule has 0 aliphatic carbocycles. The molecule has 0 spiro atoms. The van der Waals surface area contributed by atoms with E-state index < -0.39 is 6.67 Å². The van der Waals surface area contributed by atoms with Gasteiger partial charge in [-0.05, 0) is 42.8 Å². The minimum Gasteiger partial charge on any atom is -0.456 e. The van der Waals surface area contributed by atoms with Crippen LogP contribution in [-0.2, 0) is 6.67 Å². The van der Waals surface area contributed by atoms with Gasteiger partial charge in [-0.3, -0.25) is 4.79 Å². The molecule has 5 heteroatoms. The molecular formula is C15H11Cl2FO2. The smallest absolute Gasteiger partial charge is 0.161 e. The molecule has 2 rings (SSSR count). The normalized spacial score (nSPS) is 10.4. The summed E-state index contributed by atoms with van der Waals surface area (Å²) in [5.74, 6) is 0.675. The maximum Gasteiger partial charge on any atom is 0.161 e. The standard InChI is InChI=1S/C15H11Cl2FO2/c1-9(19)12-7-11(3-4-13(12)16)20-15-5-2-10(8-18)6-14(15)17/h2-7H,8H2,1H3. The predicted molar refractivity (Wildman–Crippen MR) is 77.8 cm³/mol. The van der Waals surface area contributed by atoms with Gasteiger partial charge in [-0.2, -0.15) is 0 Å². The molecule has 0 atom stereocenters. The Morgan fingerprint density at radius 1 is 1.15 bits per heavy atom.